The highest BCUT2D eigenvalue weighted by Gasteiger charge is 2.45. The Morgan fingerprint density at radius 2 is 2.26 bits per heavy atom. The Kier molecular flexibility index (Phi) is 3.87. The summed E-state index contributed by atoms with van der Waals surface area (Å²) in [4.78, 5) is 11.4. The van der Waals surface area contributed by atoms with Crippen molar-refractivity contribution in [1.82, 2.24) is 4.31 Å². The van der Waals surface area contributed by atoms with Crippen LogP contribution < -0.4 is 0 Å². The van der Waals surface area contributed by atoms with E-state index in [4.69, 9.17) is 10.4 Å². The lowest BCUT2D eigenvalue weighted by molar-refractivity contribution is -0.140. The van der Waals surface area contributed by atoms with Gasteiger partial charge in [0.1, 0.15) is 21.2 Å². The van der Waals surface area contributed by atoms with E-state index in [0.29, 0.717) is 0 Å². The van der Waals surface area contributed by atoms with Crippen LogP contribution in [-0.4, -0.2) is 41.0 Å². The molecule has 0 amide bonds. The average molecular weight is 318 g/mol. The average Bonchev–Trinajstić information content (AvgIpc) is 2.94. The lowest BCUT2D eigenvalue weighted by Crippen LogP contribution is -2.44. The molecule has 1 saturated heterocycles. The second-order valence-corrected chi connectivity index (χ2v) is 8.35. The maximum Gasteiger partial charge on any atom is 0.322 e. The molecule has 1 aromatic rings. The van der Waals surface area contributed by atoms with Gasteiger partial charge in [-0.1, -0.05) is 0 Å². The summed E-state index contributed by atoms with van der Waals surface area (Å²) in [6.45, 7) is 1.66. The molecule has 1 aliphatic heterocycles. The van der Waals surface area contributed by atoms with Gasteiger partial charge < -0.3 is 5.11 Å². The van der Waals surface area contributed by atoms with Crippen molar-refractivity contribution in [3.63, 3.8) is 0 Å². The van der Waals surface area contributed by atoms with Crippen molar-refractivity contribution in [3.05, 3.63) is 17.0 Å². The molecule has 2 heterocycles. The van der Waals surface area contributed by atoms with Gasteiger partial charge in [0.05, 0.1) is 5.37 Å². The van der Waals surface area contributed by atoms with E-state index >= 15 is 0 Å². The number of carbonyl (C=O) groups is 1. The third-order valence-corrected chi connectivity index (χ3v) is 7.46. The molecule has 0 spiro atoms. The predicted molar refractivity (Wildman–Crippen MR) is 71.4 cm³/mol. The number of rotatable bonds is 3. The van der Waals surface area contributed by atoms with Crippen LogP contribution in [0.25, 0.3) is 0 Å². The largest absolute Gasteiger partial charge is 0.480 e. The van der Waals surface area contributed by atoms with Gasteiger partial charge >= 0.3 is 5.97 Å². The second kappa shape index (κ2) is 5.13. The molecule has 102 valence electrons. The summed E-state index contributed by atoms with van der Waals surface area (Å²) >= 11 is 2.13. The first-order chi connectivity index (χ1) is 8.87. The molecule has 1 aromatic heterocycles. The molecule has 9 heteroatoms. The van der Waals surface area contributed by atoms with Gasteiger partial charge in [-0.05, 0) is 19.1 Å². The number of carboxylic acids is 1. The fourth-order valence-electron chi connectivity index (χ4n) is 1.80. The summed E-state index contributed by atoms with van der Waals surface area (Å²) in [6, 6.07) is 3.57. The number of hydrogen-bond acceptors (Lipinski definition) is 6. The van der Waals surface area contributed by atoms with Gasteiger partial charge in [-0.3, -0.25) is 4.79 Å². The lowest BCUT2D eigenvalue weighted by atomic mass is 10.3. The Morgan fingerprint density at radius 3 is 2.79 bits per heavy atom. The van der Waals surface area contributed by atoms with Crippen LogP contribution in [-0.2, 0) is 14.8 Å². The van der Waals surface area contributed by atoms with Crippen LogP contribution in [0.15, 0.2) is 16.3 Å². The molecular formula is C10H10N2O4S3. The molecule has 0 bridgehead atoms. The number of nitrogens with zero attached hydrogens (tertiary/aromatic N) is 2. The van der Waals surface area contributed by atoms with Gasteiger partial charge in [0.25, 0.3) is 10.0 Å². The highest BCUT2D eigenvalue weighted by molar-refractivity contribution is 8.01. The first kappa shape index (κ1) is 14.3. The van der Waals surface area contributed by atoms with Crippen LogP contribution >= 0.6 is 23.1 Å². The van der Waals surface area contributed by atoms with E-state index in [1.165, 1.54) is 23.9 Å². The molecule has 0 radical (unpaired) electrons. The minimum absolute atomic E-state index is 0.00431. The van der Waals surface area contributed by atoms with Gasteiger partial charge in [-0.2, -0.15) is 9.57 Å². The zero-order valence-corrected chi connectivity index (χ0v) is 12.3. The van der Waals surface area contributed by atoms with E-state index in [2.05, 4.69) is 0 Å². The van der Waals surface area contributed by atoms with Crippen LogP contribution in [0, 0.1) is 11.3 Å². The molecule has 2 atom stereocenters. The SMILES string of the molecule is CC1SCC(C(=O)O)N1S(=O)(=O)c1ccc(C#N)s1. The molecule has 1 aliphatic rings. The summed E-state index contributed by atoms with van der Waals surface area (Å²) in [5.41, 5.74) is 0. The van der Waals surface area contributed by atoms with E-state index in [1.54, 1.807) is 6.92 Å². The lowest BCUT2D eigenvalue weighted by Gasteiger charge is -2.23. The number of thiophene rings is 1. The van der Waals surface area contributed by atoms with Crippen LogP contribution in [0.5, 0.6) is 0 Å². The van der Waals surface area contributed by atoms with Crippen molar-refractivity contribution in [2.75, 3.05) is 5.75 Å². The van der Waals surface area contributed by atoms with Gasteiger partial charge in [0.2, 0.25) is 0 Å². The Balaban J connectivity index is 2.43. The standard InChI is InChI=1S/C10H10N2O4S3/c1-6-12(8(5-17-6)10(13)14)19(15,16)9-3-2-7(4-11)18-9/h2-3,6,8H,5H2,1H3,(H,13,14). The molecule has 0 aromatic carbocycles. The smallest absolute Gasteiger partial charge is 0.322 e. The number of nitriles is 1. The summed E-state index contributed by atoms with van der Waals surface area (Å²) < 4.78 is 25.9. The van der Waals surface area contributed by atoms with E-state index < -0.39 is 27.4 Å². The van der Waals surface area contributed by atoms with Crippen molar-refractivity contribution in [3.8, 4) is 6.07 Å². The molecule has 0 aliphatic carbocycles. The normalized spacial score (nSPS) is 24.2. The van der Waals surface area contributed by atoms with Crippen LogP contribution in [0.4, 0.5) is 0 Å². The summed E-state index contributed by atoms with van der Waals surface area (Å²) in [5.74, 6) is -0.927. The Bertz CT molecular complexity index is 646. The molecular weight excluding hydrogens is 308 g/mol. The number of hydrogen-bond donors (Lipinski definition) is 1. The first-order valence-electron chi connectivity index (χ1n) is 5.26. The van der Waals surface area contributed by atoms with Crippen molar-refractivity contribution in [2.45, 2.75) is 22.5 Å². The summed E-state index contributed by atoms with van der Waals surface area (Å²) in [6.07, 6.45) is 0. The zero-order valence-electron chi connectivity index (χ0n) is 9.81. The summed E-state index contributed by atoms with van der Waals surface area (Å²) in [7, 11) is -3.87. The van der Waals surface area contributed by atoms with Crippen molar-refractivity contribution < 1.29 is 18.3 Å². The maximum atomic E-state index is 12.4. The Morgan fingerprint density at radius 1 is 1.58 bits per heavy atom. The van der Waals surface area contributed by atoms with Crippen LogP contribution in [0.1, 0.15) is 11.8 Å². The molecule has 1 fully saturated rings. The number of sulfonamides is 1. The van der Waals surface area contributed by atoms with E-state index in [1.807, 2.05) is 6.07 Å². The highest BCUT2D eigenvalue weighted by atomic mass is 32.2. The third kappa shape index (κ3) is 2.49. The fourth-order valence-corrected chi connectivity index (χ4v) is 6.29. The number of aliphatic carboxylic acids is 1. The Labute approximate surface area is 118 Å². The number of thioether (sulfide) groups is 1. The predicted octanol–water partition coefficient (Wildman–Crippen LogP) is 1.16. The Hall–Kier alpha value is -1.08. The zero-order chi connectivity index (χ0) is 14.2. The highest BCUT2D eigenvalue weighted by Crippen LogP contribution is 2.36. The van der Waals surface area contributed by atoms with E-state index in [0.717, 1.165) is 15.6 Å². The minimum atomic E-state index is -3.87. The molecule has 2 rings (SSSR count). The molecule has 19 heavy (non-hydrogen) atoms. The molecule has 0 saturated carbocycles. The summed E-state index contributed by atoms with van der Waals surface area (Å²) in [5, 5.41) is 17.4. The minimum Gasteiger partial charge on any atom is -0.480 e. The van der Waals surface area contributed by atoms with Crippen molar-refractivity contribution in [2.24, 2.45) is 0 Å². The van der Waals surface area contributed by atoms with Crippen molar-refractivity contribution in [1.29, 1.82) is 5.26 Å². The topological polar surface area (TPSA) is 98.5 Å². The number of carboxylic acid groups (broad SMARTS) is 1. The van der Waals surface area contributed by atoms with Gasteiger partial charge in [0.15, 0.2) is 0 Å². The van der Waals surface area contributed by atoms with Crippen LogP contribution in [0.2, 0.25) is 0 Å². The fraction of sp³-hybridized carbons (Fsp3) is 0.400. The first-order valence-corrected chi connectivity index (χ1v) is 8.56. The second-order valence-electron chi connectivity index (χ2n) is 3.85. The van der Waals surface area contributed by atoms with Crippen LogP contribution in [0.3, 0.4) is 0 Å². The van der Waals surface area contributed by atoms with E-state index in [-0.39, 0.29) is 14.8 Å². The quantitative estimate of drug-likeness (QED) is 0.898. The third-order valence-electron chi connectivity index (χ3n) is 2.67. The maximum absolute atomic E-state index is 12.4. The monoisotopic (exact) mass is 318 g/mol. The molecule has 1 N–H and O–H groups in total. The van der Waals surface area contributed by atoms with Crippen molar-refractivity contribution >= 4 is 39.1 Å². The van der Waals surface area contributed by atoms with Gasteiger partial charge in [-0.15, -0.1) is 23.1 Å². The van der Waals surface area contributed by atoms with Gasteiger partial charge in [0, 0.05) is 5.75 Å². The van der Waals surface area contributed by atoms with Gasteiger partial charge in [-0.25, -0.2) is 8.42 Å². The molecule has 6 nitrogen and oxygen atoms in total. The molecule has 2 unspecified atom stereocenters. The van der Waals surface area contributed by atoms with E-state index in [9.17, 15) is 13.2 Å².